The fraction of sp³-hybridized carbons (Fsp3) is 0.333. The van der Waals surface area contributed by atoms with Crippen LogP contribution >= 0.6 is 27.3 Å². The summed E-state index contributed by atoms with van der Waals surface area (Å²) in [6.07, 6.45) is 0. The molecule has 0 aromatic carbocycles. The molecule has 0 N–H and O–H groups in total. The molecule has 0 atom stereocenters. The van der Waals surface area contributed by atoms with Crippen molar-refractivity contribution in [3.05, 3.63) is 21.9 Å². The topological polar surface area (TPSA) is 0 Å². The van der Waals surface area contributed by atoms with E-state index in [1.807, 2.05) is 0 Å². The van der Waals surface area contributed by atoms with Gasteiger partial charge in [-0.25, -0.2) is 0 Å². The Balaban J connectivity index is 2.92. The molecule has 1 aromatic heterocycles. The summed E-state index contributed by atoms with van der Waals surface area (Å²) in [5, 5.41) is 5.32. The first kappa shape index (κ1) is 6.30. The first-order valence-electron chi connectivity index (χ1n) is 2.42. The Morgan fingerprint density at radius 3 is 2.62 bits per heavy atom. The van der Waals surface area contributed by atoms with Gasteiger partial charge < -0.3 is 0 Å². The van der Waals surface area contributed by atoms with E-state index in [-0.39, 0.29) is 0 Å². The van der Waals surface area contributed by atoms with Gasteiger partial charge in [-0.1, -0.05) is 15.9 Å². The molecule has 2 heteroatoms. The van der Waals surface area contributed by atoms with Crippen LogP contribution in [0.2, 0.25) is 0 Å². The molecule has 0 radical (unpaired) electrons. The van der Waals surface area contributed by atoms with E-state index in [2.05, 4.69) is 33.6 Å². The van der Waals surface area contributed by atoms with Crippen LogP contribution in [0.4, 0.5) is 0 Å². The molecular weight excluding hydrogens is 184 g/mol. The molecule has 0 aliphatic carbocycles. The van der Waals surface area contributed by atoms with E-state index in [1.165, 1.54) is 11.1 Å². The van der Waals surface area contributed by atoms with Gasteiger partial charge in [0.1, 0.15) is 0 Å². The van der Waals surface area contributed by atoms with Gasteiger partial charge in [0.25, 0.3) is 0 Å². The van der Waals surface area contributed by atoms with Crippen molar-refractivity contribution in [1.82, 2.24) is 0 Å². The zero-order chi connectivity index (χ0) is 5.98. The number of hydrogen-bond donors (Lipinski definition) is 0. The Bertz CT molecular complexity index is 169. The molecule has 0 nitrogen and oxygen atoms in total. The second-order valence-corrected chi connectivity index (χ2v) is 3.02. The van der Waals surface area contributed by atoms with Gasteiger partial charge in [0.15, 0.2) is 0 Å². The molecule has 1 aromatic rings. The number of alkyl halides is 1. The highest BCUT2D eigenvalue weighted by Crippen LogP contribution is 2.15. The quantitative estimate of drug-likeness (QED) is 0.598. The predicted octanol–water partition coefficient (Wildman–Crippen LogP) is 2.95. The minimum absolute atomic E-state index is 0.988. The lowest BCUT2D eigenvalue weighted by Gasteiger charge is -1.86. The maximum atomic E-state index is 3.39. The van der Waals surface area contributed by atoms with E-state index in [1.54, 1.807) is 11.3 Å². The summed E-state index contributed by atoms with van der Waals surface area (Å²) < 4.78 is 0. The van der Waals surface area contributed by atoms with E-state index in [4.69, 9.17) is 0 Å². The maximum absolute atomic E-state index is 3.39. The third kappa shape index (κ3) is 1.12. The fourth-order valence-corrected chi connectivity index (χ4v) is 2.20. The molecule has 0 saturated carbocycles. The van der Waals surface area contributed by atoms with Gasteiger partial charge in [-0.05, 0) is 28.8 Å². The lowest BCUT2D eigenvalue weighted by molar-refractivity contribution is 1.38. The third-order valence-electron chi connectivity index (χ3n) is 1.11. The molecule has 0 unspecified atom stereocenters. The summed E-state index contributed by atoms with van der Waals surface area (Å²) in [6.45, 7) is 2.13. The molecule has 1 rings (SSSR count). The van der Waals surface area contributed by atoms with Crippen molar-refractivity contribution in [2.75, 3.05) is 0 Å². The zero-order valence-electron chi connectivity index (χ0n) is 4.65. The Morgan fingerprint density at radius 1 is 1.62 bits per heavy atom. The van der Waals surface area contributed by atoms with Crippen molar-refractivity contribution in [2.24, 2.45) is 0 Å². The maximum Gasteiger partial charge on any atom is 0.0293 e. The predicted molar refractivity (Wildman–Crippen MR) is 41.7 cm³/mol. The minimum Gasteiger partial charge on any atom is -0.152 e. The SMILES string of the molecule is Cc1cscc1CBr. The lowest BCUT2D eigenvalue weighted by Crippen LogP contribution is -1.71. The van der Waals surface area contributed by atoms with Gasteiger partial charge in [-0.15, -0.1) is 0 Å². The van der Waals surface area contributed by atoms with E-state index in [9.17, 15) is 0 Å². The standard InChI is InChI=1S/C6H7BrS/c1-5-3-8-4-6(5)2-7/h3-4H,2H2,1H3. The van der Waals surface area contributed by atoms with Crippen LogP contribution in [0, 0.1) is 6.92 Å². The molecule has 0 spiro atoms. The zero-order valence-corrected chi connectivity index (χ0v) is 7.05. The number of hydrogen-bond acceptors (Lipinski definition) is 1. The van der Waals surface area contributed by atoms with Gasteiger partial charge in [0.05, 0.1) is 0 Å². The Kier molecular flexibility index (Phi) is 2.08. The largest absolute Gasteiger partial charge is 0.152 e. The summed E-state index contributed by atoms with van der Waals surface area (Å²) in [5.74, 6) is 0. The average Bonchev–Trinajstić information content (AvgIpc) is 2.14. The second-order valence-electron chi connectivity index (χ2n) is 1.71. The van der Waals surface area contributed by atoms with Gasteiger partial charge in [-0.2, -0.15) is 11.3 Å². The smallest absolute Gasteiger partial charge is 0.0293 e. The summed E-state index contributed by atoms with van der Waals surface area (Å²) >= 11 is 5.15. The van der Waals surface area contributed by atoms with Crippen molar-refractivity contribution in [2.45, 2.75) is 12.3 Å². The normalized spacial score (nSPS) is 9.75. The van der Waals surface area contributed by atoms with Crippen LogP contribution in [-0.4, -0.2) is 0 Å². The highest BCUT2D eigenvalue weighted by atomic mass is 79.9. The molecule has 0 amide bonds. The molecule has 1 heterocycles. The van der Waals surface area contributed by atoms with Crippen molar-refractivity contribution < 1.29 is 0 Å². The second kappa shape index (κ2) is 2.65. The average molecular weight is 191 g/mol. The van der Waals surface area contributed by atoms with Gasteiger partial charge in [-0.3, -0.25) is 0 Å². The highest BCUT2D eigenvalue weighted by molar-refractivity contribution is 9.08. The summed E-state index contributed by atoms with van der Waals surface area (Å²) in [6, 6.07) is 0. The van der Waals surface area contributed by atoms with E-state index in [0.717, 1.165) is 5.33 Å². The van der Waals surface area contributed by atoms with Crippen LogP contribution in [-0.2, 0) is 5.33 Å². The van der Waals surface area contributed by atoms with E-state index < -0.39 is 0 Å². The molecule has 0 aliphatic rings. The third-order valence-corrected chi connectivity index (χ3v) is 2.62. The molecule has 0 aliphatic heterocycles. The van der Waals surface area contributed by atoms with Crippen molar-refractivity contribution >= 4 is 27.3 Å². The molecule has 0 saturated heterocycles. The number of halogens is 1. The Labute approximate surface area is 61.7 Å². The summed E-state index contributed by atoms with van der Waals surface area (Å²) in [7, 11) is 0. The van der Waals surface area contributed by atoms with Crippen molar-refractivity contribution in [3.8, 4) is 0 Å². The van der Waals surface area contributed by atoms with E-state index in [0.29, 0.717) is 0 Å². The van der Waals surface area contributed by atoms with Crippen molar-refractivity contribution in [1.29, 1.82) is 0 Å². The number of thiophene rings is 1. The van der Waals surface area contributed by atoms with Crippen LogP contribution in [0.15, 0.2) is 10.8 Å². The van der Waals surface area contributed by atoms with Gasteiger partial charge in [0, 0.05) is 5.33 Å². The summed E-state index contributed by atoms with van der Waals surface area (Å²) in [5.41, 5.74) is 2.81. The summed E-state index contributed by atoms with van der Waals surface area (Å²) in [4.78, 5) is 0. The molecule has 0 bridgehead atoms. The Hall–Kier alpha value is 0.180. The van der Waals surface area contributed by atoms with E-state index >= 15 is 0 Å². The van der Waals surface area contributed by atoms with Gasteiger partial charge in [0.2, 0.25) is 0 Å². The number of aryl methyl sites for hydroxylation is 1. The molecule has 0 fully saturated rings. The van der Waals surface area contributed by atoms with Crippen LogP contribution in [0.3, 0.4) is 0 Å². The Morgan fingerprint density at radius 2 is 2.38 bits per heavy atom. The van der Waals surface area contributed by atoms with Crippen LogP contribution < -0.4 is 0 Å². The molecular formula is C6H7BrS. The number of rotatable bonds is 1. The van der Waals surface area contributed by atoms with Crippen LogP contribution in [0.1, 0.15) is 11.1 Å². The first-order valence-corrected chi connectivity index (χ1v) is 4.48. The van der Waals surface area contributed by atoms with Crippen LogP contribution in [0.5, 0.6) is 0 Å². The first-order chi connectivity index (χ1) is 3.84. The molecule has 44 valence electrons. The van der Waals surface area contributed by atoms with Crippen molar-refractivity contribution in [3.63, 3.8) is 0 Å². The minimum atomic E-state index is 0.988. The highest BCUT2D eigenvalue weighted by Gasteiger charge is 1.93. The van der Waals surface area contributed by atoms with Gasteiger partial charge >= 0.3 is 0 Å². The van der Waals surface area contributed by atoms with Crippen LogP contribution in [0.25, 0.3) is 0 Å². The monoisotopic (exact) mass is 190 g/mol. The lowest BCUT2D eigenvalue weighted by atomic mass is 10.2. The molecule has 8 heavy (non-hydrogen) atoms. The fourth-order valence-electron chi connectivity index (χ4n) is 0.524.